The second-order valence-electron chi connectivity index (χ2n) is 5.63. The van der Waals surface area contributed by atoms with Gasteiger partial charge in [-0.15, -0.1) is 12.4 Å². The third-order valence-corrected chi connectivity index (χ3v) is 3.47. The van der Waals surface area contributed by atoms with Crippen LogP contribution < -0.4 is 11.1 Å². The van der Waals surface area contributed by atoms with Crippen LogP contribution in [0.4, 0.5) is 0 Å². The van der Waals surface area contributed by atoms with Crippen LogP contribution in [0.25, 0.3) is 0 Å². The standard InChI is InChI=1S/C14H21BrN2O.ClH/c1-9-7-11(15)6-5-10(9)8-17-13(18)12(16)14(2,3)4;/h5-7,12H,8,16H2,1-4H3,(H,17,18);1H/t12-;/m1./s1. The molecule has 0 fully saturated rings. The Bertz CT molecular complexity index is 444. The number of hydrogen-bond donors (Lipinski definition) is 2. The molecule has 0 aromatic heterocycles. The Kier molecular flexibility index (Phi) is 7.05. The average molecular weight is 350 g/mol. The van der Waals surface area contributed by atoms with Crippen molar-refractivity contribution in [3.05, 3.63) is 33.8 Å². The minimum Gasteiger partial charge on any atom is -0.351 e. The largest absolute Gasteiger partial charge is 0.351 e. The molecule has 5 heteroatoms. The highest BCUT2D eigenvalue weighted by molar-refractivity contribution is 9.10. The number of rotatable bonds is 3. The highest BCUT2D eigenvalue weighted by Gasteiger charge is 2.27. The quantitative estimate of drug-likeness (QED) is 0.880. The van der Waals surface area contributed by atoms with Crippen molar-refractivity contribution in [1.82, 2.24) is 5.32 Å². The third kappa shape index (κ3) is 5.51. The molecule has 0 bridgehead atoms. The van der Waals surface area contributed by atoms with Gasteiger partial charge in [0.05, 0.1) is 6.04 Å². The Labute approximate surface area is 129 Å². The molecule has 0 aliphatic carbocycles. The van der Waals surface area contributed by atoms with Gasteiger partial charge in [-0.3, -0.25) is 4.79 Å². The summed E-state index contributed by atoms with van der Waals surface area (Å²) >= 11 is 3.42. The maximum absolute atomic E-state index is 11.9. The predicted octanol–water partition coefficient (Wildman–Crippen LogP) is 3.17. The Hall–Kier alpha value is -0.580. The van der Waals surface area contributed by atoms with E-state index in [0.29, 0.717) is 6.54 Å². The molecule has 0 heterocycles. The summed E-state index contributed by atoms with van der Waals surface area (Å²) in [4.78, 5) is 11.9. The van der Waals surface area contributed by atoms with Crippen molar-refractivity contribution < 1.29 is 4.79 Å². The van der Waals surface area contributed by atoms with Gasteiger partial charge in [-0.2, -0.15) is 0 Å². The second kappa shape index (κ2) is 7.27. The van der Waals surface area contributed by atoms with E-state index >= 15 is 0 Å². The fraction of sp³-hybridized carbons (Fsp3) is 0.500. The van der Waals surface area contributed by atoms with Gasteiger partial charge in [0, 0.05) is 11.0 Å². The van der Waals surface area contributed by atoms with Crippen molar-refractivity contribution in [3.8, 4) is 0 Å². The molecule has 1 rings (SSSR count). The molecule has 0 saturated heterocycles. The Morgan fingerprint density at radius 3 is 2.47 bits per heavy atom. The normalized spacial score (nSPS) is 12.5. The highest BCUT2D eigenvalue weighted by atomic mass is 79.9. The SMILES string of the molecule is Cc1cc(Br)ccc1CNC(=O)[C@@H](N)C(C)(C)C.Cl. The highest BCUT2D eigenvalue weighted by Crippen LogP contribution is 2.18. The van der Waals surface area contributed by atoms with Crippen molar-refractivity contribution in [2.24, 2.45) is 11.1 Å². The average Bonchev–Trinajstić information content (AvgIpc) is 2.25. The molecule has 0 spiro atoms. The lowest BCUT2D eigenvalue weighted by Gasteiger charge is -2.26. The lowest BCUT2D eigenvalue weighted by atomic mass is 9.87. The van der Waals surface area contributed by atoms with Crippen LogP contribution in [0.5, 0.6) is 0 Å². The number of halogens is 2. The Morgan fingerprint density at radius 1 is 1.42 bits per heavy atom. The summed E-state index contributed by atoms with van der Waals surface area (Å²) in [5.41, 5.74) is 7.93. The number of carbonyl (C=O) groups is 1. The first-order chi connectivity index (χ1) is 8.21. The molecule has 1 amide bonds. The summed E-state index contributed by atoms with van der Waals surface area (Å²) in [5, 5.41) is 2.89. The molecule has 1 aromatic carbocycles. The molecule has 3 N–H and O–H groups in total. The summed E-state index contributed by atoms with van der Waals surface area (Å²) in [5.74, 6) is -0.107. The van der Waals surface area contributed by atoms with Crippen molar-refractivity contribution in [3.63, 3.8) is 0 Å². The fourth-order valence-electron chi connectivity index (χ4n) is 1.54. The molecule has 108 valence electrons. The molecule has 0 saturated carbocycles. The lowest BCUT2D eigenvalue weighted by molar-refractivity contribution is -0.124. The van der Waals surface area contributed by atoms with Gasteiger partial charge in [0.25, 0.3) is 0 Å². The molecule has 3 nitrogen and oxygen atoms in total. The summed E-state index contributed by atoms with van der Waals surface area (Å²) in [6, 6.07) is 5.51. The second-order valence-corrected chi connectivity index (χ2v) is 6.55. The van der Waals surface area contributed by atoms with Gasteiger partial charge in [0.1, 0.15) is 0 Å². The van der Waals surface area contributed by atoms with Crippen LogP contribution in [0.15, 0.2) is 22.7 Å². The van der Waals surface area contributed by atoms with E-state index in [1.165, 1.54) is 0 Å². The van der Waals surface area contributed by atoms with Crippen LogP contribution in [0.2, 0.25) is 0 Å². The van der Waals surface area contributed by atoms with Crippen LogP contribution in [0.1, 0.15) is 31.9 Å². The Balaban J connectivity index is 0.00000324. The van der Waals surface area contributed by atoms with E-state index in [0.717, 1.165) is 15.6 Å². The molecule has 19 heavy (non-hydrogen) atoms. The van der Waals surface area contributed by atoms with Crippen molar-refractivity contribution >= 4 is 34.2 Å². The van der Waals surface area contributed by atoms with Crippen LogP contribution in [0, 0.1) is 12.3 Å². The Morgan fingerprint density at radius 2 is 2.00 bits per heavy atom. The number of amides is 1. The molecule has 0 unspecified atom stereocenters. The predicted molar refractivity (Wildman–Crippen MR) is 85.4 cm³/mol. The molecule has 1 aromatic rings. The molecule has 0 aliphatic rings. The van der Waals surface area contributed by atoms with E-state index < -0.39 is 6.04 Å². The molecular formula is C14H22BrClN2O. The van der Waals surface area contributed by atoms with Crippen LogP contribution in [-0.2, 0) is 11.3 Å². The van der Waals surface area contributed by atoms with E-state index in [9.17, 15) is 4.79 Å². The number of carbonyl (C=O) groups excluding carboxylic acids is 1. The maximum Gasteiger partial charge on any atom is 0.237 e. The molecule has 0 aliphatic heterocycles. The van der Waals surface area contributed by atoms with Gasteiger partial charge in [-0.25, -0.2) is 0 Å². The number of aryl methyl sites for hydroxylation is 1. The fourth-order valence-corrected chi connectivity index (χ4v) is 2.02. The van der Waals surface area contributed by atoms with Crippen LogP contribution in [0.3, 0.4) is 0 Å². The summed E-state index contributed by atoms with van der Waals surface area (Å²) < 4.78 is 1.04. The van der Waals surface area contributed by atoms with E-state index in [1.54, 1.807) is 0 Å². The number of nitrogens with one attached hydrogen (secondary N) is 1. The maximum atomic E-state index is 11.9. The molecule has 0 radical (unpaired) electrons. The minimum atomic E-state index is -0.492. The van der Waals surface area contributed by atoms with Gasteiger partial charge in [0.2, 0.25) is 5.91 Å². The third-order valence-electron chi connectivity index (χ3n) is 2.97. The first-order valence-electron chi connectivity index (χ1n) is 6.00. The van der Waals surface area contributed by atoms with Crippen molar-refractivity contribution in [2.75, 3.05) is 0 Å². The lowest BCUT2D eigenvalue weighted by Crippen LogP contribution is -2.48. The summed E-state index contributed by atoms with van der Waals surface area (Å²) in [6.07, 6.45) is 0. The van der Waals surface area contributed by atoms with E-state index in [4.69, 9.17) is 5.73 Å². The van der Waals surface area contributed by atoms with E-state index in [2.05, 4.69) is 21.2 Å². The van der Waals surface area contributed by atoms with Crippen LogP contribution >= 0.6 is 28.3 Å². The number of hydrogen-bond acceptors (Lipinski definition) is 2. The zero-order valence-corrected chi connectivity index (χ0v) is 14.2. The zero-order valence-electron chi connectivity index (χ0n) is 11.8. The van der Waals surface area contributed by atoms with Crippen molar-refractivity contribution in [1.29, 1.82) is 0 Å². The summed E-state index contributed by atoms with van der Waals surface area (Å²) in [7, 11) is 0. The molecular weight excluding hydrogens is 328 g/mol. The van der Waals surface area contributed by atoms with Gasteiger partial charge in [0.15, 0.2) is 0 Å². The monoisotopic (exact) mass is 348 g/mol. The van der Waals surface area contributed by atoms with E-state index in [1.807, 2.05) is 45.9 Å². The van der Waals surface area contributed by atoms with E-state index in [-0.39, 0.29) is 23.7 Å². The smallest absolute Gasteiger partial charge is 0.237 e. The van der Waals surface area contributed by atoms with Crippen molar-refractivity contribution in [2.45, 2.75) is 40.3 Å². The topological polar surface area (TPSA) is 55.1 Å². The number of benzene rings is 1. The minimum absolute atomic E-state index is 0. The first kappa shape index (κ1) is 18.4. The molecule has 1 atom stereocenters. The summed E-state index contributed by atoms with van der Waals surface area (Å²) in [6.45, 7) is 8.42. The number of nitrogens with two attached hydrogens (primary N) is 1. The van der Waals surface area contributed by atoms with Gasteiger partial charge < -0.3 is 11.1 Å². The van der Waals surface area contributed by atoms with Gasteiger partial charge in [-0.1, -0.05) is 42.8 Å². The van der Waals surface area contributed by atoms with Gasteiger partial charge in [-0.05, 0) is 35.6 Å². The first-order valence-corrected chi connectivity index (χ1v) is 6.79. The van der Waals surface area contributed by atoms with Crippen LogP contribution in [-0.4, -0.2) is 11.9 Å². The van der Waals surface area contributed by atoms with Gasteiger partial charge >= 0.3 is 0 Å². The zero-order chi connectivity index (χ0) is 13.9.